The number of hydrogen-bond acceptors (Lipinski definition) is 8. The molecule has 182 valence electrons. The number of anilines is 2. The second-order valence-corrected chi connectivity index (χ2v) is 11.8. The topological polar surface area (TPSA) is 104 Å². The highest BCUT2D eigenvalue weighted by Gasteiger charge is 2.50. The summed E-state index contributed by atoms with van der Waals surface area (Å²) in [5.74, 6) is -1.87. The Morgan fingerprint density at radius 3 is 2.44 bits per heavy atom. The van der Waals surface area contributed by atoms with Crippen LogP contribution in [0.2, 0.25) is 5.02 Å². The molecule has 2 aromatic rings. The van der Waals surface area contributed by atoms with Crippen molar-refractivity contribution in [3.05, 3.63) is 28.9 Å². The van der Waals surface area contributed by atoms with Crippen LogP contribution in [0.15, 0.2) is 17.3 Å². The van der Waals surface area contributed by atoms with E-state index in [1.807, 2.05) is 4.90 Å². The standard InChI is InChI=1S/C22H25ClF2N6O2S/c23-15-6-26-18(27-7-15)12-4-13-8-31(9-14(13)5-12)20-28-17-16(34(33)11-22(17,24)25)19(29-20)30-21(10-32)2-1-3-21/h6-7,12-14,32H,1-5,8-11H2,(H,28,29,30)/t12?,13?,14?,34-/m0/s1. The van der Waals surface area contributed by atoms with Crippen LogP contribution in [0.3, 0.4) is 0 Å². The average molecular weight is 511 g/mol. The maximum absolute atomic E-state index is 14.7. The van der Waals surface area contributed by atoms with Crippen molar-refractivity contribution < 1.29 is 18.1 Å². The Labute approximate surface area is 203 Å². The average Bonchev–Trinajstić information content (AvgIpc) is 3.41. The lowest BCUT2D eigenvalue weighted by Crippen LogP contribution is -2.48. The summed E-state index contributed by atoms with van der Waals surface area (Å²) in [6, 6.07) is 0. The maximum atomic E-state index is 14.7. The molecule has 0 aromatic carbocycles. The number of nitrogens with zero attached hydrogens (tertiary/aromatic N) is 5. The number of rotatable bonds is 5. The van der Waals surface area contributed by atoms with Gasteiger partial charge in [0.25, 0.3) is 0 Å². The number of halogens is 3. The largest absolute Gasteiger partial charge is 0.394 e. The predicted molar refractivity (Wildman–Crippen MR) is 123 cm³/mol. The van der Waals surface area contributed by atoms with Crippen LogP contribution in [-0.2, 0) is 16.7 Å². The molecule has 2 aliphatic carbocycles. The third-order valence-corrected chi connectivity index (χ3v) is 9.44. The monoisotopic (exact) mass is 510 g/mol. The van der Waals surface area contributed by atoms with E-state index in [1.165, 1.54) is 0 Å². The number of alkyl halides is 2. The van der Waals surface area contributed by atoms with E-state index < -0.39 is 33.7 Å². The van der Waals surface area contributed by atoms with Gasteiger partial charge in [-0.3, -0.25) is 4.21 Å². The van der Waals surface area contributed by atoms with Crippen molar-refractivity contribution in [1.82, 2.24) is 19.9 Å². The highest BCUT2D eigenvalue weighted by molar-refractivity contribution is 7.85. The maximum Gasteiger partial charge on any atom is 0.302 e. The molecule has 3 atom stereocenters. The van der Waals surface area contributed by atoms with Gasteiger partial charge in [0.1, 0.15) is 22.2 Å². The van der Waals surface area contributed by atoms with E-state index in [4.69, 9.17) is 11.6 Å². The SMILES string of the molecule is O=[S@]1CC(F)(F)c2nc(N3CC4CC(c5ncc(Cl)cn5)CC4C3)nc(NC3(CO)CCC3)c21. The fourth-order valence-electron chi connectivity index (χ4n) is 5.82. The number of aliphatic hydroxyl groups is 1. The van der Waals surface area contributed by atoms with Gasteiger partial charge in [-0.2, -0.15) is 13.8 Å². The molecule has 4 heterocycles. The zero-order chi connectivity index (χ0) is 23.7. The van der Waals surface area contributed by atoms with Crippen LogP contribution in [-0.4, -0.2) is 60.2 Å². The van der Waals surface area contributed by atoms with Gasteiger partial charge in [-0.05, 0) is 43.9 Å². The Morgan fingerprint density at radius 2 is 1.85 bits per heavy atom. The first kappa shape index (κ1) is 22.5. The van der Waals surface area contributed by atoms with E-state index >= 15 is 0 Å². The third kappa shape index (κ3) is 3.67. The van der Waals surface area contributed by atoms with E-state index in [0.29, 0.717) is 42.8 Å². The molecule has 2 saturated carbocycles. The Hall–Kier alpha value is -1.98. The molecule has 1 saturated heterocycles. The number of nitrogens with one attached hydrogen (secondary N) is 1. The lowest BCUT2D eigenvalue weighted by Gasteiger charge is -2.41. The van der Waals surface area contributed by atoms with Gasteiger partial charge in [0.15, 0.2) is 0 Å². The van der Waals surface area contributed by atoms with Gasteiger partial charge >= 0.3 is 5.92 Å². The molecule has 2 N–H and O–H groups in total. The molecule has 0 spiro atoms. The summed E-state index contributed by atoms with van der Waals surface area (Å²) >= 11 is 5.91. The number of hydrogen-bond donors (Lipinski definition) is 2. The van der Waals surface area contributed by atoms with Crippen LogP contribution in [0.5, 0.6) is 0 Å². The summed E-state index contributed by atoms with van der Waals surface area (Å²) in [5, 5.41) is 13.6. The Balaban J connectivity index is 1.27. The molecule has 3 fully saturated rings. The predicted octanol–water partition coefficient (Wildman–Crippen LogP) is 3.09. The fourth-order valence-corrected chi connectivity index (χ4v) is 7.25. The van der Waals surface area contributed by atoms with Crippen LogP contribution in [0, 0.1) is 11.8 Å². The van der Waals surface area contributed by atoms with Gasteiger partial charge in [0, 0.05) is 31.4 Å². The molecule has 2 aliphatic heterocycles. The Kier molecular flexibility index (Phi) is 5.31. The number of aromatic nitrogens is 4. The van der Waals surface area contributed by atoms with E-state index in [2.05, 4.69) is 25.3 Å². The molecule has 0 bridgehead atoms. The van der Waals surface area contributed by atoms with Crippen LogP contribution < -0.4 is 10.2 Å². The van der Waals surface area contributed by atoms with E-state index in [1.54, 1.807) is 12.4 Å². The highest BCUT2D eigenvalue weighted by atomic mass is 35.5. The third-order valence-electron chi connectivity index (χ3n) is 7.78. The summed E-state index contributed by atoms with van der Waals surface area (Å²) in [4.78, 5) is 19.5. The van der Waals surface area contributed by atoms with E-state index in [9.17, 15) is 18.1 Å². The first-order valence-electron chi connectivity index (χ1n) is 11.6. The summed E-state index contributed by atoms with van der Waals surface area (Å²) in [5.41, 5.74) is -1.05. The molecule has 6 rings (SSSR count). The molecule has 8 nitrogen and oxygen atoms in total. The van der Waals surface area contributed by atoms with Crippen molar-refractivity contribution >= 4 is 34.2 Å². The molecule has 12 heteroatoms. The van der Waals surface area contributed by atoms with Crippen molar-refractivity contribution in [3.63, 3.8) is 0 Å². The lowest BCUT2D eigenvalue weighted by atomic mass is 9.77. The van der Waals surface area contributed by atoms with Crippen molar-refractivity contribution in [2.24, 2.45) is 11.8 Å². The molecular formula is C22H25ClF2N6O2S. The highest BCUT2D eigenvalue weighted by Crippen LogP contribution is 2.48. The summed E-state index contributed by atoms with van der Waals surface area (Å²) in [6.07, 6.45) is 7.40. The van der Waals surface area contributed by atoms with Gasteiger partial charge in [-0.25, -0.2) is 15.0 Å². The Morgan fingerprint density at radius 1 is 1.18 bits per heavy atom. The van der Waals surface area contributed by atoms with Gasteiger partial charge in [0.05, 0.1) is 33.7 Å². The van der Waals surface area contributed by atoms with Crippen LogP contribution in [0.1, 0.15) is 49.5 Å². The van der Waals surface area contributed by atoms with Gasteiger partial charge < -0.3 is 15.3 Å². The van der Waals surface area contributed by atoms with Crippen LogP contribution >= 0.6 is 11.6 Å². The fraction of sp³-hybridized carbons (Fsp3) is 0.636. The van der Waals surface area contributed by atoms with E-state index in [-0.39, 0.29) is 29.2 Å². The molecule has 4 aliphatic rings. The Bertz CT molecular complexity index is 1130. The van der Waals surface area contributed by atoms with E-state index in [0.717, 1.165) is 25.1 Å². The van der Waals surface area contributed by atoms with Crippen molar-refractivity contribution in [3.8, 4) is 0 Å². The zero-order valence-corrected chi connectivity index (χ0v) is 20.0. The molecule has 0 radical (unpaired) electrons. The summed E-state index contributed by atoms with van der Waals surface area (Å²) in [6.45, 7) is 1.19. The minimum Gasteiger partial charge on any atom is -0.394 e. The second-order valence-electron chi connectivity index (χ2n) is 10.0. The van der Waals surface area contributed by atoms with Crippen LogP contribution in [0.25, 0.3) is 0 Å². The van der Waals surface area contributed by atoms with Crippen molar-refractivity contribution in [1.29, 1.82) is 0 Å². The normalized spacial score (nSPS) is 30.6. The first-order valence-corrected chi connectivity index (χ1v) is 13.3. The van der Waals surface area contributed by atoms with Gasteiger partial charge in [-0.15, -0.1) is 0 Å². The molecular weight excluding hydrogens is 486 g/mol. The van der Waals surface area contributed by atoms with Crippen molar-refractivity contribution in [2.75, 3.05) is 35.7 Å². The molecule has 2 unspecified atom stereocenters. The summed E-state index contributed by atoms with van der Waals surface area (Å²) in [7, 11) is -1.90. The van der Waals surface area contributed by atoms with Gasteiger partial charge in [-0.1, -0.05) is 11.6 Å². The molecule has 2 aromatic heterocycles. The molecule has 34 heavy (non-hydrogen) atoms. The minimum atomic E-state index is -3.27. The lowest BCUT2D eigenvalue weighted by molar-refractivity contribution is 0.0191. The quantitative estimate of drug-likeness (QED) is 0.632. The van der Waals surface area contributed by atoms with Crippen LogP contribution in [0.4, 0.5) is 20.5 Å². The van der Waals surface area contributed by atoms with Gasteiger partial charge in [0.2, 0.25) is 5.95 Å². The number of fused-ring (bicyclic) bond motifs is 2. The minimum absolute atomic E-state index is 0.0205. The smallest absolute Gasteiger partial charge is 0.302 e. The zero-order valence-electron chi connectivity index (χ0n) is 18.4. The number of aliphatic hydroxyl groups excluding tert-OH is 1. The molecule has 0 amide bonds. The summed E-state index contributed by atoms with van der Waals surface area (Å²) < 4.78 is 42.1. The van der Waals surface area contributed by atoms with Crippen molar-refractivity contribution in [2.45, 2.75) is 54.4 Å². The second kappa shape index (κ2) is 8.03. The first-order chi connectivity index (χ1) is 16.3.